The predicted molar refractivity (Wildman–Crippen MR) is 147 cm³/mol. The molecule has 4 heterocycles. The number of nitrogens with two attached hydrogens (primary N) is 1. The van der Waals surface area contributed by atoms with E-state index in [9.17, 15) is 10.2 Å². The highest BCUT2D eigenvalue weighted by atomic mass is 35.5. The second kappa shape index (κ2) is 10.3. The zero-order chi connectivity index (χ0) is 25.5. The summed E-state index contributed by atoms with van der Waals surface area (Å²) in [5.41, 5.74) is 9.01. The number of hydrogen-bond donors (Lipinski definition) is 3. The number of piperidine rings is 1. The SMILES string of the molecule is Nc1nc(Cl)nc2c1c(-c1nccs1)cn2[C@@H]1C[C@H](C2CCN(CCc3ccccc3)CC2)[C@@H](O)[C@H]1O. The van der Waals surface area contributed by atoms with E-state index in [0.717, 1.165) is 49.5 Å². The van der Waals surface area contributed by atoms with E-state index in [2.05, 4.69) is 50.2 Å². The van der Waals surface area contributed by atoms with E-state index in [-0.39, 0.29) is 23.1 Å². The van der Waals surface area contributed by atoms with Crippen LogP contribution in [-0.4, -0.2) is 66.5 Å². The van der Waals surface area contributed by atoms with Crippen LogP contribution in [0.15, 0.2) is 48.1 Å². The fraction of sp³-hybridized carbons (Fsp3) is 0.444. The van der Waals surface area contributed by atoms with Crippen molar-refractivity contribution < 1.29 is 10.2 Å². The Morgan fingerprint density at radius 3 is 2.59 bits per heavy atom. The van der Waals surface area contributed by atoms with Crippen LogP contribution in [0.1, 0.15) is 30.9 Å². The molecule has 0 radical (unpaired) electrons. The van der Waals surface area contributed by atoms with Crippen LogP contribution in [0.25, 0.3) is 21.6 Å². The molecule has 3 aromatic heterocycles. The van der Waals surface area contributed by atoms with E-state index in [1.54, 1.807) is 6.20 Å². The number of fused-ring (bicyclic) bond motifs is 1. The number of aliphatic hydroxyl groups excluding tert-OH is 2. The fourth-order valence-electron chi connectivity index (χ4n) is 6.24. The predicted octanol–water partition coefficient (Wildman–Crippen LogP) is 4.03. The first-order valence-corrected chi connectivity index (χ1v) is 14.1. The van der Waals surface area contributed by atoms with E-state index in [1.807, 2.05) is 16.1 Å². The zero-order valence-corrected chi connectivity index (χ0v) is 22.0. The minimum absolute atomic E-state index is 0.0201. The Kier molecular flexibility index (Phi) is 6.89. The summed E-state index contributed by atoms with van der Waals surface area (Å²) in [6.45, 7) is 3.08. The van der Waals surface area contributed by atoms with E-state index >= 15 is 0 Å². The van der Waals surface area contributed by atoms with Crippen LogP contribution >= 0.6 is 22.9 Å². The Balaban J connectivity index is 1.20. The van der Waals surface area contributed by atoms with Gasteiger partial charge in [-0.2, -0.15) is 4.98 Å². The van der Waals surface area contributed by atoms with Crippen molar-refractivity contribution in [2.75, 3.05) is 25.4 Å². The third kappa shape index (κ3) is 4.75. The molecule has 4 N–H and O–H groups in total. The lowest BCUT2D eigenvalue weighted by molar-refractivity contribution is -0.0121. The summed E-state index contributed by atoms with van der Waals surface area (Å²) in [6.07, 6.45) is 5.74. The van der Waals surface area contributed by atoms with E-state index in [1.165, 1.54) is 16.9 Å². The lowest BCUT2D eigenvalue weighted by atomic mass is 9.82. The van der Waals surface area contributed by atoms with Gasteiger partial charge in [0.15, 0.2) is 0 Å². The van der Waals surface area contributed by atoms with E-state index in [0.29, 0.717) is 23.4 Å². The van der Waals surface area contributed by atoms with Gasteiger partial charge in [-0.05, 0) is 67.8 Å². The molecule has 1 aliphatic heterocycles. The Morgan fingerprint density at radius 2 is 1.86 bits per heavy atom. The van der Waals surface area contributed by atoms with Crippen molar-refractivity contribution in [1.82, 2.24) is 24.4 Å². The Bertz CT molecular complexity index is 1360. The molecule has 0 spiro atoms. The van der Waals surface area contributed by atoms with Gasteiger partial charge in [0.05, 0.1) is 17.5 Å². The summed E-state index contributed by atoms with van der Waals surface area (Å²) in [6, 6.07) is 10.3. The average molecular weight is 539 g/mol. The molecular weight excluding hydrogens is 508 g/mol. The van der Waals surface area contributed by atoms with Gasteiger partial charge < -0.3 is 25.4 Å². The van der Waals surface area contributed by atoms with Crippen LogP contribution in [0.4, 0.5) is 5.82 Å². The second-order valence-electron chi connectivity index (χ2n) is 10.2. The van der Waals surface area contributed by atoms with Gasteiger partial charge >= 0.3 is 0 Å². The van der Waals surface area contributed by atoms with Gasteiger partial charge in [-0.1, -0.05) is 30.3 Å². The summed E-state index contributed by atoms with van der Waals surface area (Å²) < 4.78 is 1.93. The van der Waals surface area contributed by atoms with Gasteiger partial charge in [-0.15, -0.1) is 11.3 Å². The van der Waals surface area contributed by atoms with Crippen molar-refractivity contribution in [2.24, 2.45) is 11.8 Å². The highest BCUT2D eigenvalue weighted by Gasteiger charge is 2.46. The number of likely N-dealkylation sites (tertiary alicyclic amines) is 1. The number of rotatable bonds is 6. The highest BCUT2D eigenvalue weighted by molar-refractivity contribution is 7.13. The smallest absolute Gasteiger partial charge is 0.226 e. The van der Waals surface area contributed by atoms with Crippen molar-refractivity contribution in [3.8, 4) is 10.6 Å². The Morgan fingerprint density at radius 1 is 1.08 bits per heavy atom. The normalized spacial score (nSPS) is 25.3. The molecule has 4 aromatic rings. The molecule has 194 valence electrons. The maximum Gasteiger partial charge on any atom is 0.226 e. The second-order valence-corrected chi connectivity index (χ2v) is 11.5. The first kappa shape index (κ1) is 24.8. The third-order valence-corrected chi connectivity index (χ3v) is 9.16. The Labute approximate surface area is 224 Å². The molecule has 37 heavy (non-hydrogen) atoms. The molecule has 4 atom stereocenters. The van der Waals surface area contributed by atoms with Gasteiger partial charge in [0.1, 0.15) is 22.6 Å². The van der Waals surface area contributed by atoms with Gasteiger partial charge in [-0.25, -0.2) is 9.97 Å². The third-order valence-electron chi connectivity index (χ3n) is 8.19. The summed E-state index contributed by atoms with van der Waals surface area (Å²) in [7, 11) is 0. The van der Waals surface area contributed by atoms with Gasteiger partial charge in [0.2, 0.25) is 5.28 Å². The highest BCUT2D eigenvalue weighted by Crippen LogP contribution is 2.45. The van der Waals surface area contributed by atoms with Crippen LogP contribution in [0.2, 0.25) is 5.28 Å². The fourth-order valence-corrected chi connectivity index (χ4v) is 7.07. The number of nitrogens with zero attached hydrogens (tertiary/aromatic N) is 5. The number of benzene rings is 1. The Hall–Kier alpha value is -2.56. The van der Waals surface area contributed by atoms with Gasteiger partial charge in [0, 0.05) is 29.9 Å². The number of thiazole rings is 1. The summed E-state index contributed by atoms with van der Waals surface area (Å²) >= 11 is 7.69. The lowest BCUT2D eigenvalue weighted by Gasteiger charge is -2.36. The molecule has 1 aliphatic carbocycles. The maximum atomic E-state index is 11.2. The van der Waals surface area contributed by atoms with Crippen LogP contribution in [0.5, 0.6) is 0 Å². The first-order chi connectivity index (χ1) is 18.0. The largest absolute Gasteiger partial charge is 0.390 e. The molecule has 0 unspecified atom stereocenters. The number of hydrogen-bond acceptors (Lipinski definition) is 8. The molecule has 8 nitrogen and oxygen atoms in total. The summed E-state index contributed by atoms with van der Waals surface area (Å²) in [5, 5.41) is 25.8. The number of anilines is 1. The molecule has 6 rings (SSSR count). The van der Waals surface area contributed by atoms with Crippen molar-refractivity contribution in [3.05, 3.63) is 59.0 Å². The molecule has 0 bridgehead atoms. The first-order valence-electron chi connectivity index (χ1n) is 12.9. The molecule has 0 amide bonds. The molecule has 2 fully saturated rings. The number of nitrogen functional groups attached to an aromatic ring is 1. The van der Waals surface area contributed by atoms with Crippen molar-refractivity contribution in [3.63, 3.8) is 0 Å². The van der Waals surface area contributed by atoms with Crippen molar-refractivity contribution in [2.45, 2.75) is 43.9 Å². The molecule has 1 aromatic carbocycles. The molecule has 1 saturated heterocycles. The van der Waals surface area contributed by atoms with Gasteiger partial charge in [0.25, 0.3) is 0 Å². The van der Waals surface area contributed by atoms with E-state index in [4.69, 9.17) is 17.3 Å². The quantitative estimate of drug-likeness (QED) is 0.318. The lowest BCUT2D eigenvalue weighted by Crippen LogP contribution is -2.40. The average Bonchev–Trinajstić information content (AvgIpc) is 3.63. The zero-order valence-electron chi connectivity index (χ0n) is 20.4. The van der Waals surface area contributed by atoms with Crippen molar-refractivity contribution in [1.29, 1.82) is 0 Å². The number of halogens is 1. The van der Waals surface area contributed by atoms with E-state index < -0.39 is 12.2 Å². The van der Waals surface area contributed by atoms with Crippen LogP contribution in [-0.2, 0) is 6.42 Å². The monoisotopic (exact) mass is 538 g/mol. The van der Waals surface area contributed by atoms with Crippen LogP contribution in [0, 0.1) is 11.8 Å². The van der Waals surface area contributed by atoms with Crippen LogP contribution in [0.3, 0.4) is 0 Å². The molecule has 1 saturated carbocycles. The summed E-state index contributed by atoms with van der Waals surface area (Å²) in [5.74, 6) is 0.671. The molecule has 10 heteroatoms. The van der Waals surface area contributed by atoms with Crippen molar-refractivity contribution >= 4 is 39.8 Å². The topological polar surface area (TPSA) is 113 Å². The molecule has 2 aliphatic rings. The maximum absolute atomic E-state index is 11.2. The standard InChI is InChI=1S/C27H31ClN6O2S/c28-27-31-24(29)21-19(26-30-9-13-37-26)15-34(25(21)32-27)20-14-18(22(35)23(20)36)17-7-11-33(12-8-17)10-6-16-4-2-1-3-5-16/h1-5,9,13,15,17-18,20,22-23,35-36H,6-8,10-12,14H2,(H2,29,31,32)/t18-,20-,22-,23+/m1/s1. The van der Waals surface area contributed by atoms with Crippen LogP contribution < -0.4 is 5.73 Å². The minimum Gasteiger partial charge on any atom is -0.390 e. The van der Waals surface area contributed by atoms with Gasteiger partial charge in [-0.3, -0.25) is 0 Å². The summed E-state index contributed by atoms with van der Waals surface area (Å²) in [4.78, 5) is 15.6. The number of aromatic nitrogens is 4. The molecular formula is C27H31ClN6O2S. The minimum atomic E-state index is -0.907. The number of aliphatic hydroxyl groups is 2.